The Hall–Kier alpha value is -3.58. The smallest absolute Gasteiger partial charge is 0.308 e. The van der Waals surface area contributed by atoms with Gasteiger partial charge in [-0.05, 0) is 30.3 Å². The molecule has 28 heavy (non-hydrogen) atoms. The molecule has 6 nitrogen and oxygen atoms in total. The average Bonchev–Trinajstić information content (AvgIpc) is 3.03. The first kappa shape index (κ1) is 17.8. The third-order valence-corrected chi connectivity index (χ3v) is 5.14. The average molecular weight is 389 g/mol. The number of anilines is 1. The third-order valence-electron chi connectivity index (χ3n) is 4.20. The van der Waals surface area contributed by atoms with Crippen molar-refractivity contribution in [1.29, 1.82) is 0 Å². The molecular formula is C21H15N3O3S. The third kappa shape index (κ3) is 3.60. The van der Waals surface area contributed by atoms with Crippen molar-refractivity contribution in [1.82, 2.24) is 9.55 Å². The summed E-state index contributed by atoms with van der Waals surface area (Å²) in [5.41, 5.74) is 1.71. The number of thiazole rings is 1. The van der Waals surface area contributed by atoms with Gasteiger partial charge in [0.15, 0.2) is 5.78 Å². The first-order valence-corrected chi connectivity index (χ1v) is 9.37. The maximum Gasteiger partial charge on any atom is 0.308 e. The van der Waals surface area contributed by atoms with Gasteiger partial charge in [0, 0.05) is 17.3 Å². The number of carbonyl (C=O) groups is 2. The van der Waals surface area contributed by atoms with Crippen LogP contribution in [0.15, 0.2) is 77.7 Å². The minimum atomic E-state index is -0.343. The lowest BCUT2D eigenvalue weighted by atomic mass is 10.0. The molecule has 0 saturated carbocycles. The predicted molar refractivity (Wildman–Crippen MR) is 109 cm³/mol. The Morgan fingerprint density at radius 2 is 1.75 bits per heavy atom. The van der Waals surface area contributed by atoms with Crippen LogP contribution in [0.25, 0.3) is 10.2 Å². The fourth-order valence-corrected chi connectivity index (χ4v) is 3.81. The van der Waals surface area contributed by atoms with Crippen LogP contribution in [0.3, 0.4) is 0 Å². The van der Waals surface area contributed by atoms with E-state index in [1.165, 1.54) is 4.57 Å². The van der Waals surface area contributed by atoms with Gasteiger partial charge in [0.25, 0.3) is 0 Å². The van der Waals surface area contributed by atoms with Crippen molar-refractivity contribution in [2.24, 2.45) is 0 Å². The number of amides is 1. The van der Waals surface area contributed by atoms with Crippen LogP contribution in [0.4, 0.5) is 5.82 Å². The zero-order chi connectivity index (χ0) is 19.5. The molecule has 4 rings (SSSR count). The highest BCUT2D eigenvalue weighted by Crippen LogP contribution is 2.21. The monoisotopic (exact) mass is 389 g/mol. The van der Waals surface area contributed by atoms with Crippen LogP contribution in [0.1, 0.15) is 15.9 Å². The zero-order valence-electron chi connectivity index (χ0n) is 14.7. The normalized spacial score (nSPS) is 10.7. The van der Waals surface area contributed by atoms with Gasteiger partial charge in [0.1, 0.15) is 12.4 Å². The van der Waals surface area contributed by atoms with E-state index in [0.29, 0.717) is 27.2 Å². The molecule has 0 fully saturated rings. The fourth-order valence-electron chi connectivity index (χ4n) is 2.88. The minimum Gasteiger partial charge on any atom is -0.309 e. The molecule has 0 saturated heterocycles. The Kier molecular flexibility index (Phi) is 4.82. The Labute approximate surface area is 164 Å². The number of ketones is 1. The molecule has 0 atom stereocenters. The highest BCUT2D eigenvalue weighted by atomic mass is 32.1. The summed E-state index contributed by atoms with van der Waals surface area (Å²) in [6, 6.07) is 19.2. The van der Waals surface area contributed by atoms with Gasteiger partial charge in [0.2, 0.25) is 5.91 Å². The molecule has 138 valence electrons. The van der Waals surface area contributed by atoms with Gasteiger partial charge in [-0.2, -0.15) is 0 Å². The predicted octanol–water partition coefficient (Wildman–Crippen LogP) is 3.33. The molecule has 2 heterocycles. The summed E-state index contributed by atoms with van der Waals surface area (Å²) in [7, 11) is 0. The molecule has 0 aliphatic rings. The summed E-state index contributed by atoms with van der Waals surface area (Å²) in [5.74, 6) is -0.0245. The molecular weight excluding hydrogens is 374 g/mol. The molecule has 0 bridgehead atoms. The molecule has 1 N–H and O–H groups in total. The van der Waals surface area contributed by atoms with Crippen LogP contribution < -0.4 is 10.2 Å². The van der Waals surface area contributed by atoms with Crippen LogP contribution in [-0.4, -0.2) is 21.2 Å². The number of rotatable bonds is 5. The van der Waals surface area contributed by atoms with Crippen LogP contribution in [0, 0.1) is 0 Å². The van der Waals surface area contributed by atoms with E-state index < -0.39 is 0 Å². The van der Waals surface area contributed by atoms with Crippen LogP contribution >= 0.6 is 11.3 Å². The van der Waals surface area contributed by atoms with E-state index in [1.54, 1.807) is 66.9 Å². The lowest BCUT2D eigenvalue weighted by Crippen LogP contribution is -2.24. The second-order valence-corrected chi connectivity index (χ2v) is 7.09. The molecule has 7 heteroatoms. The summed E-state index contributed by atoms with van der Waals surface area (Å²) >= 11 is 1.01. The number of hydrogen-bond donors (Lipinski definition) is 1. The number of nitrogens with zero attached hydrogens (tertiary/aromatic N) is 2. The van der Waals surface area contributed by atoms with Gasteiger partial charge >= 0.3 is 4.87 Å². The molecule has 1 amide bonds. The molecule has 0 aliphatic heterocycles. The highest BCUT2D eigenvalue weighted by Gasteiger charge is 2.15. The number of benzene rings is 2. The van der Waals surface area contributed by atoms with Crippen molar-refractivity contribution >= 4 is 39.1 Å². The number of pyridine rings is 1. The Balaban J connectivity index is 1.60. The van der Waals surface area contributed by atoms with Crippen molar-refractivity contribution in [3.05, 3.63) is 93.7 Å². The number of nitrogens with one attached hydrogen (secondary N) is 1. The first-order chi connectivity index (χ1) is 13.6. The lowest BCUT2D eigenvalue weighted by Gasteiger charge is -2.06. The van der Waals surface area contributed by atoms with Crippen LogP contribution in [0.2, 0.25) is 0 Å². The van der Waals surface area contributed by atoms with Gasteiger partial charge in [0.05, 0.1) is 10.2 Å². The SMILES string of the molecule is O=C(Cn1c(=O)sc2cc(C(=O)c3ccccc3)ccc21)Nc1ccccn1. The van der Waals surface area contributed by atoms with Gasteiger partial charge < -0.3 is 5.32 Å². The summed E-state index contributed by atoms with van der Waals surface area (Å²) in [4.78, 5) is 41.0. The van der Waals surface area contributed by atoms with Crippen molar-refractivity contribution in [2.75, 3.05) is 5.32 Å². The van der Waals surface area contributed by atoms with Gasteiger partial charge in [-0.15, -0.1) is 0 Å². The van der Waals surface area contributed by atoms with Gasteiger partial charge in [-0.3, -0.25) is 19.0 Å². The van der Waals surface area contributed by atoms with Crippen molar-refractivity contribution < 1.29 is 9.59 Å². The standard InChI is InChI=1S/C21H15N3O3S/c25-19(23-18-8-4-5-11-22-18)13-24-16-10-9-15(12-17(16)28-21(24)27)20(26)14-6-2-1-3-7-14/h1-12H,13H2,(H,22,23,25). The van der Waals surface area contributed by atoms with Gasteiger partial charge in [-0.1, -0.05) is 47.7 Å². The largest absolute Gasteiger partial charge is 0.309 e. The van der Waals surface area contributed by atoms with E-state index in [-0.39, 0.29) is 23.1 Å². The Morgan fingerprint density at radius 3 is 2.50 bits per heavy atom. The van der Waals surface area contributed by atoms with E-state index in [9.17, 15) is 14.4 Å². The zero-order valence-corrected chi connectivity index (χ0v) is 15.5. The molecule has 0 unspecified atom stereocenters. The quantitative estimate of drug-likeness (QED) is 0.531. The Bertz CT molecular complexity index is 1210. The maximum atomic E-state index is 12.6. The first-order valence-electron chi connectivity index (χ1n) is 8.56. The summed E-state index contributed by atoms with van der Waals surface area (Å²) < 4.78 is 2.06. The van der Waals surface area contributed by atoms with E-state index in [2.05, 4.69) is 10.3 Å². The molecule has 2 aromatic heterocycles. The topological polar surface area (TPSA) is 81.1 Å². The van der Waals surface area contributed by atoms with Gasteiger partial charge in [-0.25, -0.2) is 4.98 Å². The number of carbonyl (C=O) groups excluding carboxylic acids is 2. The molecule has 0 spiro atoms. The summed E-state index contributed by atoms with van der Waals surface area (Å²) in [5, 5.41) is 2.66. The molecule has 0 radical (unpaired) electrons. The second kappa shape index (κ2) is 7.58. The number of aromatic nitrogens is 2. The molecule has 2 aromatic carbocycles. The van der Waals surface area contributed by atoms with E-state index in [4.69, 9.17) is 0 Å². The molecule has 4 aromatic rings. The van der Waals surface area contributed by atoms with E-state index in [1.807, 2.05) is 6.07 Å². The van der Waals surface area contributed by atoms with Crippen molar-refractivity contribution in [2.45, 2.75) is 6.54 Å². The number of hydrogen-bond acceptors (Lipinski definition) is 5. The molecule has 0 aliphatic carbocycles. The fraction of sp³-hybridized carbons (Fsp3) is 0.0476. The van der Waals surface area contributed by atoms with Crippen molar-refractivity contribution in [3.8, 4) is 0 Å². The van der Waals surface area contributed by atoms with Crippen LogP contribution in [0.5, 0.6) is 0 Å². The Morgan fingerprint density at radius 1 is 0.964 bits per heavy atom. The summed E-state index contributed by atoms with van der Waals surface area (Å²) in [6.07, 6.45) is 1.58. The van der Waals surface area contributed by atoms with Crippen LogP contribution in [-0.2, 0) is 11.3 Å². The number of fused-ring (bicyclic) bond motifs is 1. The second-order valence-electron chi connectivity index (χ2n) is 6.09. The highest BCUT2D eigenvalue weighted by molar-refractivity contribution is 7.16. The van der Waals surface area contributed by atoms with E-state index in [0.717, 1.165) is 11.3 Å². The van der Waals surface area contributed by atoms with Crippen molar-refractivity contribution in [3.63, 3.8) is 0 Å². The minimum absolute atomic E-state index is 0.109. The maximum absolute atomic E-state index is 12.6. The van der Waals surface area contributed by atoms with E-state index >= 15 is 0 Å². The lowest BCUT2D eigenvalue weighted by molar-refractivity contribution is -0.116. The summed E-state index contributed by atoms with van der Waals surface area (Å²) in [6.45, 7) is -0.124.